The van der Waals surface area contributed by atoms with Gasteiger partial charge in [-0.25, -0.2) is 4.79 Å². The lowest BCUT2D eigenvalue weighted by Gasteiger charge is -2.29. The van der Waals surface area contributed by atoms with Crippen molar-refractivity contribution in [3.8, 4) is 0 Å². The molecule has 0 saturated carbocycles. The second-order valence-electron chi connectivity index (χ2n) is 5.05. The van der Waals surface area contributed by atoms with E-state index in [4.69, 9.17) is 4.74 Å². The normalized spacial score (nSPS) is 27.8. The monoisotopic (exact) mass is 280 g/mol. The van der Waals surface area contributed by atoms with Gasteiger partial charge in [0.1, 0.15) is 0 Å². The van der Waals surface area contributed by atoms with E-state index in [1.807, 2.05) is 0 Å². The molecule has 19 heavy (non-hydrogen) atoms. The van der Waals surface area contributed by atoms with Gasteiger partial charge in [-0.3, -0.25) is 0 Å². The molecule has 0 radical (unpaired) electrons. The molecule has 2 amide bonds. The summed E-state index contributed by atoms with van der Waals surface area (Å²) in [6, 6.07) is -0.379. The highest BCUT2D eigenvalue weighted by Crippen LogP contribution is 2.27. The first-order valence-corrected chi connectivity index (χ1v) is 6.70. The first-order chi connectivity index (χ1) is 8.97. The molecule has 0 aromatic heterocycles. The number of amides is 2. The summed E-state index contributed by atoms with van der Waals surface area (Å²) < 4.78 is 41.6. The summed E-state index contributed by atoms with van der Waals surface area (Å²) in [6.07, 6.45) is -1.49. The number of nitrogens with zero attached hydrogens (tertiary/aromatic N) is 1. The molecule has 0 aromatic carbocycles. The molecular weight excluding hydrogens is 261 g/mol. The van der Waals surface area contributed by atoms with Crippen LogP contribution in [0.1, 0.15) is 32.1 Å². The summed E-state index contributed by atoms with van der Waals surface area (Å²) in [5.74, 6) is 0. The van der Waals surface area contributed by atoms with Crippen LogP contribution >= 0.6 is 0 Å². The summed E-state index contributed by atoms with van der Waals surface area (Å²) in [5, 5.41) is 2.35. The summed E-state index contributed by atoms with van der Waals surface area (Å²) in [4.78, 5) is 13.5. The molecule has 0 spiro atoms. The topological polar surface area (TPSA) is 41.6 Å². The number of urea groups is 1. The zero-order valence-electron chi connectivity index (χ0n) is 10.7. The van der Waals surface area contributed by atoms with Crippen molar-refractivity contribution in [2.75, 3.05) is 19.7 Å². The molecule has 7 heteroatoms. The van der Waals surface area contributed by atoms with Crippen LogP contribution in [0.15, 0.2) is 0 Å². The van der Waals surface area contributed by atoms with E-state index < -0.39 is 18.6 Å². The predicted molar refractivity (Wildman–Crippen MR) is 62.8 cm³/mol. The Hall–Kier alpha value is -0.980. The van der Waals surface area contributed by atoms with Crippen molar-refractivity contribution < 1.29 is 22.7 Å². The lowest BCUT2D eigenvalue weighted by atomic mass is 10.1. The van der Waals surface area contributed by atoms with Crippen molar-refractivity contribution in [1.82, 2.24) is 10.2 Å². The maximum absolute atomic E-state index is 12.0. The smallest absolute Gasteiger partial charge is 0.376 e. The molecule has 2 atom stereocenters. The second-order valence-corrected chi connectivity index (χ2v) is 5.05. The molecule has 0 aromatic rings. The average Bonchev–Trinajstić information content (AvgIpc) is 2.97. The Kier molecular flexibility index (Phi) is 4.54. The standard InChI is InChI=1S/C12H19F3N2O2/c13-12(14,15)5-6-16-11(18)17-7-1-3-9(17)10-4-2-8-19-10/h9-10H,1-8H2,(H,16,18)/t9-,10+/m1/s1. The number of nitrogens with one attached hydrogen (secondary N) is 1. The van der Waals surface area contributed by atoms with E-state index >= 15 is 0 Å². The van der Waals surface area contributed by atoms with E-state index in [1.54, 1.807) is 4.90 Å². The van der Waals surface area contributed by atoms with Crippen LogP contribution < -0.4 is 5.32 Å². The van der Waals surface area contributed by atoms with E-state index in [1.165, 1.54) is 0 Å². The Morgan fingerprint density at radius 2 is 2.11 bits per heavy atom. The maximum atomic E-state index is 12.0. The minimum absolute atomic E-state index is 0.0217. The number of halogens is 3. The van der Waals surface area contributed by atoms with E-state index in [0.29, 0.717) is 13.2 Å². The fourth-order valence-corrected chi connectivity index (χ4v) is 2.75. The van der Waals surface area contributed by atoms with Crippen molar-refractivity contribution in [2.24, 2.45) is 0 Å². The molecule has 2 saturated heterocycles. The lowest BCUT2D eigenvalue weighted by Crippen LogP contribution is -2.47. The van der Waals surface area contributed by atoms with Gasteiger partial charge in [-0.05, 0) is 25.7 Å². The van der Waals surface area contributed by atoms with Gasteiger partial charge in [0.2, 0.25) is 0 Å². The predicted octanol–water partition coefficient (Wildman–Crippen LogP) is 2.29. The van der Waals surface area contributed by atoms with Crippen LogP contribution in [0.25, 0.3) is 0 Å². The minimum Gasteiger partial charge on any atom is -0.376 e. The van der Waals surface area contributed by atoms with Gasteiger partial charge in [0.15, 0.2) is 0 Å². The van der Waals surface area contributed by atoms with Crippen molar-refractivity contribution in [3.63, 3.8) is 0 Å². The average molecular weight is 280 g/mol. The third-order valence-corrected chi connectivity index (χ3v) is 3.64. The molecule has 110 valence electrons. The summed E-state index contributed by atoms with van der Waals surface area (Å²) in [7, 11) is 0. The van der Waals surface area contributed by atoms with E-state index in [-0.39, 0.29) is 18.7 Å². The first kappa shape index (κ1) is 14.4. The summed E-state index contributed by atoms with van der Waals surface area (Å²) in [6.45, 7) is 0.949. The number of rotatable bonds is 3. The van der Waals surface area contributed by atoms with Crippen molar-refractivity contribution in [2.45, 2.75) is 50.4 Å². The fourth-order valence-electron chi connectivity index (χ4n) is 2.75. The van der Waals surface area contributed by atoms with Gasteiger partial charge in [-0.15, -0.1) is 0 Å². The molecule has 2 heterocycles. The van der Waals surface area contributed by atoms with Gasteiger partial charge in [0.25, 0.3) is 0 Å². The Morgan fingerprint density at radius 1 is 1.32 bits per heavy atom. The number of carbonyl (C=O) groups excluding carboxylic acids is 1. The largest absolute Gasteiger partial charge is 0.390 e. The highest BCUT2D eigenvalue weighted by Gasteiger charge is 2.37. The van der Waals surface area contributed by atoms with Gasteiger partial charge in [-0.1, -0.05) is 0 Å². The van der Waals surface area contributed by atoms with E-state index in [2.05, 4.69) is 5.32 Å². The van der Waals surface area contributed by atoms with Crippen LogP contribution in [0.5, 0.6) is 0 Å². The van der Waals surface area contributed by atoms with E-state index in [9.17, 15) is 18.0 Å². The zero-order valence-corrected chi connectivity index (χ0v) is 10.7. The van der Waals surface area contributed by atoms with Crippen LogP contribution in [0.4, 0.5) is 18.0 Å². The minimum atomic E-state index is -4.23. The Labute approximate surface area is 110 Å². The zero-order chi connectivity index (χ0) is 13.9. The Morgan fingerprint density at radius 3 is 2.74 bits per heavy atom. The maximum Gasteiger partial charge on any atom is 0.390 e. The van der Waals surface area contributed by atoms with Gasteiger partial charge < -0.3 is 15.0 Å². The number of alkyl halides is 3. The number of likely N-dealkylation sites (tertiary alicyclic amines) is 1. The Bertz CT molecular complexity index is 317. The van der Waals surface area contributed by atoms with Crippen molar-refractivity contribution in [1.29, 1.82) is 0 Å². The molecule has 2 fully saturated rings. The van der Waals surface area contributed by atoms with Crippen LogP contribution in [-0.4, -0.2) is 48.9 Å². The second kappa shape index (κ2) is 5.98. The molecule has 2 aliphatic rings. The molecule has 1 N–H and O–H groups in total. The molecule has 2 rings (SSSR count). The highest BCUT2D eigenvalue weighted by atomic mass is 19.4. The Balaban J connectivity index is 1.80. The van der Waals surface area contributed by atoms with Crippen molar-refractivity contribution in [3.05, 3.63) is 0 Å². The number of carbonyl (C=O) groups is 1. The third kappa shape index (κ3) is 3.99. The quantitative estimate of drug-likeness (QED) is 0.862. The van der Waals surface area contributed by atoms with Crippen LogP contribution in [-0.2, 0) is 4.74 Å². The van der Waals surface area contributed by atoms with Gasteiger partial charge in [-0.2, -0.15) is 13.2 Å². The lowest BCUT2D eigenvalue weighted by molar-refractivity contribution is -0.133. The summed E-state index contributed by atoms with van der Waals surface area (Å²) >= 11 is 0. The summed E-state index contributed by atoms with van der Waals surface area (Å²) in [5.41, 5.74) is 0. The molecule has 0 aliphatic carbocycles. The SMILES string of the molecule is O=C(NCCC(F)(F)F)N1CCC[C@@H]1[C@@H]1CCCO1. The number of hydrogen-bond donors (Lipinski definition) is 1. The highest BCUT2D eigenvalue weighted by molar-refractivity contribution is 5.74. The molecule has 2 aliphatic heterocycles. The first-order valence-electron chi connectivity index (χ1n) is 6.70. The van der Waals surface area contributed by atoms with Gasteiger partial charge in [0.05, 0.1) is 18.6 Å². The number of ether oxygens (including phenoxy) is 1. The van der Waals surface area contributed by atoms with Crippen LogP contribution in [0, 0.1) is 0 Å². The molecule has 0 bridgehead atoms. The van der Waals surface area contributed by atoms with Crippen LogP contribution in [0.3, 0.4) is 0 Å². The van der Waals surface area contributed by atoms with Crippen molar-refractivity contribution >= 4 is 6.03 Å². The third-order valence-electron chi connectivity index (χ3n) is 3.64. The molecule has 0 unspecified atom stereocenters. The fraction of sp³-hybridized carbons (Fsp3) is 0.917. The molecular formula is C12H19F3N2O2. The number of hydrogen-bond acceptors (Lipinski definition) is 2. The molecule has 4 nitrogen and oxygen atoms in total. The van der Waals surface area contributed by atoms with Gasteiger partial charge >= 0.3 is 12.2 Å². The van der Waals surface area contributed by atoms with E-state index in [0.717, 1.165) is 25.7 Å². The van der Waals surface area contributed by atoms with Crippen LogP contribution in [0.2, 0.25) is 0 Å². The van der Waals surface area contributed by atoms with Gasteiger partial charge in [0, 0.05) is 19.7 Å².